The Bertz CT molecular complexity index is 897. The predicted molar refractivity (Wildman–Crippen MR) is 102 cm³/mol. The number of nitrogens with one attached hydrogen (secondary N) is 1. The van der Waals surface area contributed by atoms with Crippen LogP contribution in [0.1, 0.15) is 16.8 Å². The number of amides is 2. The van der Waals surface area contributed by atoms with E-state index in [1.165, 1.54) is 40.9 Å². The molecule has 2 aromatic carbocycles. The number of nitrogens with zero attached hydrogens (tertiary/aromatic N) is 2. The third-order valence-electron chi connectivity index (χ3n) is 3.93. The van der Waals surface area contributed by atoms with Gasteiger partial charge >= 0.3 is 0 Å². The van der Waals surface area contributed by atoms with Crippen LogP contribution in [0.4, 0.5) is 11.4 Å². The lowest BCUT2D eigenvalue weighted by atomic mass is 10.2. The molecule has 2 aromatic rings. The molecule has 1 aliphatic rings. The molecule has 0 aromatic heterocycles. The highest BCUT2D eigenvalue weighted by Gasteiger charge is 2.34. The fourth-order valence-electron chi connectivity index (χ4n) is 2.42. The summed E-state index contributed by atoms with van der Waals surface area (Å²) in [6.45, 7) is 0. The van der Waals surface area contributed by atoms with E-state index < -0.39 is 11.2 Å². The monoisotopic (exact) mass is 382 g/mol. The molecule has 1 fully saturated rings. The molecule has 138 valence electrons. The fraction of sp³-hybridized carbons (Fsp3) is 0.158. The molecule has 1 N–H and O–H groups in total. The van der Waals surface area contributed by atoms with E-state index in [1.54, 1.807) is 7.05 Å². The van der Waals surface area contributed by atoms with Crippen LogP contribution in [-0.4, -0.2) is 40.1 Å². The van der Waals surface area contributed by atoms with Crippen LogP contribution in [0.3, 0.4) is 0 Å². The minimum atomic E-state index is -1.29. The van der Waals surface area contributed by atoms with Crippen LogP contribution in [0.2, 0.25) is 0 Å². The number of aromatic carboxylic acids is 1. The van der Waals surface area contributed by atoms with Gasteiger partial charge in [-0.2, -0.15) is 0 Å². The van der Waals surface area contributed by atoms with Crippen LogP contribution in [0.5, 0.6) is 0 Å². The third-order valence-corrected chi connectivity index (χ3v) is 5.17. The van der Waals surface area contributed by atoms with E-state index >= 15 is 0 Å². The van der Waals surface area contributed by atoms with Crippen LogP contribution < -0.4 is 10.4 Å². The number of hydrogen-bond acceptors (Lipinski definition) is 6. The van der Waals surface area contributed by atoms with E-state index in [-0.39, 0.29) is 23.8 Å². The van der Waals surface area contributed by atoms with Crippen LogP contribution >= 0.6 is 11.8 Å². The van der Waals surface area contributed by atoms with Gasteiger partial charge in [0.2, 0.25) is 11.8 Å². The molecule has 7 nitrogen and oxygen atoms in total. The zero-order chi connectivity index (χ0) is 19.4. The van der Waals surface area contributed by atoms with Crippen molar-refractivity contribution in [2.24, 2.45) is 4.99 Å². The Morgan fingerprint density at radius 3 is 2.44 bits per heavy atom. The fourth-order valence-corrected chi connectivity index (χ4v) is 3.49. The maximum atomic E-state index is 12.6. The van der Waals surface area contributed by atoms with E-state index in [1.807, 2.05) is 30.3 Å². The summed E-state index contributed by atoms with van der Waals surface area (Å²) in [5.74, 6) is -1.83. The average Bonchev–Trinajstić information content (AvgIpc) is 2.66. The number of thioether (sulfide) groups is 1. The summed E-state index contributed by atoms with van der Waals surface area (Å²) >= 11 is 1.21. The van der Waals surface area contributed by atoms with Gasteiger partial charge in [0.25, 0.3) is 0 Å². The van der Waals surface area contributed by atoms with E-state index in [0.717, 1.165) is 0 Å². The Hall–Kier alpha value is -3.13. The maximum Gasteiger partial charge on any atom is 0.238 e. The summed E-state index contributed by atoms with van der Waals surface area (Å²) in [4.78, 5) is 41.5. The molecular formula is C19H16N3O4S-. The first-order chi connectivity index (χ1) is 12.9. The van der Waals surface area contributed by atoms with Crippen molar-refractivity contribution >= 4 is 46.1 Å². The average molecular weight is 382 g/mol. The second-order valence-corrected chi connectivity index (χ2v) is 7.02. The predicted octanol–water partition coefficient (Wildman–Crippen LogP) is 1.64. The molecule has 1 saturated heterocycles. The minimum absolute atomic E-state index is 0.0223. The van der Waals surface area contributed by atoms with Crippen molar-refractivity contribution in [1.29, 1.82) is 0 Å². The summed E-state index contributed by atoms with van der Waals surface area (Å²) in [5.41, 5.74) is 1.16. The standard InChI is InChI=1S/C19H17N3O4S/c1-22-16(23)11-15(27-19(22)21-13-5-3-2-4-6-13)17(24)20-14-9-7-12(8-10-14)18(25)26/h2-10,15H,11H2,1H3,(H,20,24)(H,25,26)/p-1/t15-/m1/s1. The molecule has 0 unspecified atom stereocenters. The zero-order valence-corrected chi connectivity index (χ0v) is 15.2. The van der Waals surface area contributed by atoms with Gasteiger partial charge in [-0.05, 0) is 29.8 Å². The van der Waals surface area contributed by atoms with E-state index in [2.05, 4.69) is 10.3 Å². The summed E-state index contributed by atoms with van der Waals surface area (Å²) in [7, 11) is 1.63. The van der Waals surface area contributed by atoms with Gasteiger partial charge in [0, 0.05) is 19.2 Å². The van der Waals surface area contributed by atoms with Crippen molar-refractivity contribution in [3.8, 4) is 0 Å². The van der Waals surface area contributed by atoms with Crippen molar-refractivity contribution in [2.75, 3.05) is 12.4 Å². The van der Waals surface area contributed by atoms with E-state index in [0.29, 0.717) is 16.5 Å². The quantitative estimate of drug-likeness (QED) is 0.866. The second-order valence-electron chi connectivity index (χ2n) is 5.85. The number of benzene rings is 2. The third kappa shape index (κ3) is 4.53. The molecule has 0 aliphatic carbocycles. The smallest absolute Gasteiger partial charge is 0.238 e. The Morgan fingerprint density at radius 1 is 1.15 bits per heavy atom. The Morgan fingerprint density at radius 2 is 1.81 bits per heavy atom. The van der Waals surface area contributed by atoms with Crippen LogP contribution in [-0.2, 0) is 9.59 Å². The molecule has 0 spiro atoms. The number of carboxylic acid groups (broad SMARTS) is 1. The molecule has 0 saturated carbocycles. The molecule has 1 heterocycles. The van der Waals surface area contributed by atoms with Gasteiger partial charge in [0.05, 0.1) is 11.7 Å². The van der Waals surface area contributed by atoms with Crippen molar-refractivity contribution < 1.29 is 19.5 Å². The van der Waals surface area contributed by atoms with Crippen molar-refractivity contribution in [3.05, 3.63) is 60.2 Å². The van der Waals surface area contributed by atoms with Gasteiger partial charge in [-0.1, -0.05) is 42.1 Å². The molecule has 3 rings (SSSR count). The van der Waals surface area contributed by atoms with Gasteiger partial charge in [0.1, 0.15) is 5.25 Å². The molecule has 8 heteroatoms. The second kappa shape index (κ2) is 8.05. The van der Waals surface area contributed by atoms with Gasteiger partial charge in [-0.3, -0.25) is 14.5 Å². The largest absolute Gasteiger partial charge is 0.545 e. The number of anilines is 1. The number of para-hydroxylation sites is 1. The lowest BCUT2D eigenvalue weighted by molar-refractivity contribution is -0.255. The minimum Gasteiger partial charge on any atom is -0.545 e. The number of aliphatic imine (C=N–C) groups is 1. The van der Waals surface area contributed by atoms with Crippen LogP contribution in [0.25, 0.3) is 0 Å². The molecule has 0 radical (unpaired) electrons. The summed E-state index contributed by atoms with van der Waals surface area (Å²) in [6.07, 6.45) is 0.0535. The SMILES string of the molecule is CN1C(=O)C[C@H](C(=O)Nc2ccc(C(=O)[O-])cc2)SC1=Nc1ccccc1. The highest BCUT2D eigenvalue weighted by atomic mass is 32.2. The van der Waals surface area contributed by atoms with Gasteiger partial charge in [-0.25, -0.2) is 4.99 Å². The number of hydrogen-bond donors (Lipinski definition) is 1. The molecule has 27 heavy (non-hydrogen) atoms. The lowest BCUT2D eigenvalue weighted by Gasteiger charge is -2.28. The van der Waals surface area contributed by atoms with Gasteiger partial charge < -0.3 is 15.2 Å². The molecule has 2 amide bonds. The summed E-state index contributed by atoms with van der Waals surface area (Å²) in [5, 5.41) is 13.3. The summed E-state index contributed by atoms with van der Waals surface area (Å²) < 4.78 is 0. The maximum absolute atomic E-state index is 12.6. The van der Waals surface area contributed by atoms with Crippen molar-refractivity contribution in [2.45, 2.75) is 11.7 Å². The molecule has 1 aliphatic heterocycles. The van der Waals surface area contributed by atoms with Crippen LogP contribution in [0.15, 0.2) is 59.6 Å². The van der Waals surface area contributed by atoms with E-state index in [4.69, 9.17) is 0 Å². The first-order valence-electron chi connectivity index (χ1n) is 8.13. The Kier molecular flexibility index (Phi) is 5.56. The number of amidine groups is 1. The number of carboxylic acids is 1. The molecular weight excluding hydrogens is 366 g/mol. The first-order valence-corrected chi connectivity index (χ1v) is 9.01. The number of carbonyl (C=O) groups excluding carboxylic acids is 3. The van der Waals surface area contributed by atoms with Gasteiger partial charge in [0.15, 0.2) is 5.17 Å². The normalized spacial score (nSPS) is 18.4. The molecule has 1 atom stereocenters. The van der Waals surface area contributed by atoms with Gasteiger partial charge in [-0.15, -0.1) is 0 Å². The highest BCUT2D eigenvalue weighted by Crippen LogP contribution is 2.28. The Balaban J connectivity index is 1.73. The number of carbonyl (C=O) groups is 3. The summed E-state index contributed by atoms with van der Waals surface area (Å²) in [6, 6.07) is 14.8. The van der Waals surface area contributed by atoms with Crippen molar-refractivity contribution in [3.63, 3.8) is 0 Å². The van der Waals surface area contributed by atoms with Crippen LogP contribution in [0, 0.1) is 0 Å². The highest BCUT2D eigenvalue weighted by molar-refractivity contribution is 8.15. The topological polar surface area (TPSA) is 102 Å². The first kappa shape index (κ1) is 18.7. The van der Waals surface area contributed by atoms with Crippen molar-refractivity contribution in [1.82, 2.24) is 4.90 Å². The van der Waals surface area contributed by atoms with E-state index in [9.17, 15) is 19.5 Å². The zero-order valence-electron chi connectivity index (χ0n) is 14.4. The Labute approximate surface area is 160 Å². The number of rotatable bonds is 4. The molecule has 0 bridgehead atoms. The lowest BCUT2D eigenvalue weighted by Crippen LogP contribution is -2.43.